The Hall–Kier alpha value is -5.05. The first kappa shape index (κ1) is 30.4. The number of amides is 2. The molecule has 1 aliphatic rings. The second kappa shape index (κ2) is 12.3. The zero-order chi connectivity index (χ0) is 31.6. The molecule has 0 spiro atoms. The van der Waals surface area contributed by atoms with Gasteiger partial charge in [-0.25, -0.2) is 14.5 Å². The zero-order valence-corrected chi connectivity index (χ0v) is 23.4. The van der Waals surface area contributed by atoms with Crippen LogP contribution in [0, 0.1) is 0 Å². The highest BCUT2D eigenvalue weighted by Crippen LogP contribution is 2.32. The first-order valence-electron chi connectivity index (χ1n) is 13.3. The second-order valence-electron chi connectivity index (χ2n) is 9.95. The van der Waals surface area contributed by atoms with Crippen molar-refractivity contribution >= 4 is 40.8 Å². The maximum Gasteiger partial charge on any atom is 0.436 e. The number of anilines is 2. The van der Waals surface area contributed by atoms with Crippen LogP contribution in [-0.2, 0) is 15.8 Å². The quantitative estimate of drug-likeness (QED) is 0.286. The van der Waals surface area contributed by atoms with Gasteiger partial charge in [0.05, 0.1) is 40.8 Å². The van der Waals surface area contributed by atoms with Gasteiger partial charge < -0.3 is 15.7 Å². The first-order valence-corrected chi connectivity index (χ1v) is 13.6. The number of nitrogens with zero attached hydrogens (tertiary/aromatic N) is 5. The van der Waals surface area contributed by atoms with E-state index in [0.29, 0.717) is 25.5 Å². The Balaban J connectivity index is 1.50. The van der Waals surface area contributed by atoms with Gasteiger partial charge in [0, 0.05) is 23.1 Å². The van der Waals surface area contributed by atoms with E-state index in [1.165, 1.54) is 36.4 Å². The Morgan fingerprint density at radius 3 is 2.50 bits per heavy atom. The summed E-state index contributed by atoms with van der Waals surface area (Å²) in [6.45, 7) is 0. The van der Waals surface area contributed by atoms with E-state index in [9.17, 15) is 37.5 Å². The number of alkyl halides is 3. The summed E-state index contributed by atoms with van der Waals surface area (Å²) in [5.74, 6) is -2.16. The van der Waals surface area contributed by atoms with E-state index in [-0.39, 0.29) is 57.7 Å². The number of carboxylic acids is 1. The number of aromatic nitrogens is 5. The molecule has 228 valence electrons. The molecule has 3 N–H and O–H groups in total. The largest absolute Gasteiger partial charge is 0.478 e. The lowest BCUT2D eigenvalue weighted by Gasteiger charge is -2.22. The minimum atomic E-state index is -4.72. The number of halogens is 4. The SMILES string of the molecule is O=C1CCCCC[C@H](n2cnc(-c3cc(Cl)ccc3-n3cc(C(F)(F)F)nn3)cc2=O)C(=O)Nc2ccc(C(=O)O)cc2N1. The molecule has 1 aliphatic heterocycles. The minimum absolute atomic E-state index is 0.0654. The van der Waals surface area contributed by atoms with Crippen molar-refractivity contribution in [3.05, 3.63) is 81.6 Å². The topological polar surface area (TPSA) is 161 Å². The highest BCUT2D eigenvalue weighted by atomic mass is 35.5. The summed E-state index contributed by atoms with van der Waals surface area (Å²) < 4.78 is 41.4. The van der Waals surface area contributed by atoms with Gasteiger partial charge in [-0.3, -0.25) is 19.0 Å². The molecule has 12 nitrogen and oxygen atoms in total. The van der Waals surface area contributed by atoms with Crippen LogP contribution in [0.4, 0.5) is 24.5 Å². The van der Waals surface area contributed by atoms with E-state index in [4.69, 9.17) is 11.6 Å². The summed E-state index contributed by atoms with van der Waals surface area (Å²) in [7, 11) is 0. The molecular formula is C28H23ClF3N7O5. The van der Waals surface area contributed by atoms with Gasteiger partial charge >= 0.3 is 12.1 Å². The molecular weight excluding hydrogens is 607 g/mol. The smallest absolute Gasteiger partial charge is 0.436 e. The standard InChI is InChI=1S/C28H23ClF3N7O5/c29-16-7-9-21(39-13-23(36-37-39)28(30,31)32)17(11-16)19-12-25(41)38(14-33-19)22-4-2-1-3-5-24(40)34-20-10-15(27(43)44)6-8-18(20)35-26(22)42/h6-14,22H,1-5H2,(H,34,40)(H,35,42)(H,43,44)/t22-/m0/s1. The van der Waals surface area contributed by atoms with Crippen molar-refractivity contribution in [1.29, 1.82) is 0 Å². The second-order valence-corrected chi connectivity index (χ2v) is 10.4. The summed E-state index contributed by atoms with van der Waals surface area (Å²) in [5.41, 5.74) is -1.31. The third kappa shape index (κ3) is 6.62. The van der Waals surface area contributed by atoms with Gasteiger partial charge in [0.2, 0.25) is 11.8 Å². The fraction of sp³-hybridized carbons (Fsp3) is 0.250. The van der Waals surface area contributed by atoms with Gasteiger partial charge in [0.1, 0.15) is 6.04 Å². The van der Waals surface area contributed by atoms with Crippen LogP contribution in [0.25, 0.3) is 16.9 Å². The molecule has 1 atom stereocenters. The maximum absolute atomic E-state index is 13.5. The third-order valence-corrected chi connectivity index (χ3v) is 7.15. The van der Waals surface area contributed by atoms with Crippen LogP contribution in [0.5, 0.6) is 0 Å². The van der Waals surface area contributed by atoms with Crippen LogP contribution in [0.15, 0.2) is 59.8 Å². The Bertz CT molecular complexity index is 1820. The van der Waals surface area contributed by atoms with E-state index < -0.39 is 35.3 Å². The Morgan fingerprint density at radius 1 is 1.00 bits per heavy atom. The predicted molar refractivity (Wildman–Crippen MR) is 152 cm³/mol. The van der Waals surface area contributed by atoms with E-state index >= 15 is 0 Å². The molecule has 4 aromatic rings. The summed E-state index contributed by atoms with van der Waals surface area (Å²) in [4.78, 5) is 55.1. The van der Waals surface area contributed by atoms with E-state index in [2.05, 4.69) is 25.9 Å². The number of rotatable bonds is 4. The Kier molecular flexibility index (Phi) is 8.49. The molecule has 0 aliphatic carbocycles. The van der Waals surface area contributed by atoms with E-state index in [1.807, 2.05) is 0 Å². The minimum Gasteiger partial charge on any atom is -0.478 e. The van der Waals surface area contributed by atoms with Crippen molar-refractivity contribution in [1.82, 2.24) is 24.5 Å². The van der Waals surface area contributed by atoms with Crippen LogP contribution < -0.4 is 16.2 Å². The highest BCUT2D eigenvalue weighted by molar-refractivity contribution is 6.31. The molecule has 5 rings (SSSR count). The number of aromatic carboxylic acids is 1. The van der Waals surface area contributed by atoms with Crippen LogP contribution in [0.2, 0.25) is 5.02 Å². The normalized spacial score (nSPS) is 16.2. The first-order chi connectivity index (χ1) is 20.9. The van der Waals surface area contributed by atoms with Gasteiger partial charge in [-0.15, -0.1) is 5.10 Å². The lowest BCUT2D eigenvalue weighted by Crippen LogP contribution is -2.34. The number of hydrogen-bond donors (Lipinski definition) is 3. The molecule has 0 bridgehead atoms. The summed E-state index contributed by atoms with van der Waals surface area (Å²) >= 11 is 6.16. The number of hydrogen-bond acceptors (Lipinski definition) is 7. The number of nitrogens with one attached hydrogen (secondary N) is 2. The molecule has 2 aromatic heterocycles. The summed E-state index contributed by atoms with van der Waals surface area (Å²) in [6.07, 6.45) is -0.902. The molecule has 0 saturated heterocycles. The van der Waals surface area contributed by atoms with Crippen molar-refractivity contribution in [2.75, 3.05) is 10.6 Å². The van der Waals surface area contributed by atoms with Gasteiger partial charge in [-0.2, -0.15) is 13.2 Å². The zero-order valence-electron chi connectivity index (χ0n) is 22.6. The van der Waals surface area contributed by atoms with Crippen molar-refractivity contribution in [3.63, 3.8) is 0 Å². The lowest BCUT2D eigenvalue weighted by atomic mass is 10.0. The maximum atomic E-state index is 13.5. The molecule has 0 saturated carbocycles. The Labute approximate surface area is 251 Å². The van der Waals surface area contributed by atoms with Gasteiger partial charge in [-0.05, 0) is 49.2 Å². The monoisotopic (exact) mass is 629 g/mol. The fourth-order valence-corrected chi connectivity index (χ4v) is 4.90. The van der Waals surface area contributed by atoms with Gasteiger partial charge in [0.25, 0.3) is 5.56 Å². The number of fused-ring (bicyclic) bond motifs is 1. The van der Waals surface area contributed by atoms with Crippen LogP contribution in [0.1, 0.15) is 54.2 Å². The molecule has 16 heteroatoms. The molecule has 0 radical (unpaired) electrons. The fourth-order valence-electron chi connectivity index (χ4n) is 4.73. The van der Waals surface area contributed by atoms with Crippen molar-refractivity contribution < 1.29 is 32.7 Å². The highest BCUT2D eigenvalue weighted by Gasteiger charge is 2.35. The van der Waals surface area contributed by atoms with Crippen molar-refractivity contribution in [2.24, 2.45) is 0 Å². The number of carbonyl (C=O) groups is 3. The molecule has 2 amide bonds. The lowest BCUT2D eigenvalue weighted by molar-refractivity contribution is -0.141. The van der Waals surface area contributed by atoms with Gasteiger partial charge in [-0.1, -0.05) is 29.7 Å². The molecule has 44 heavy (non-hydrogen) atoms. The molecule has 2 aromatic carbocycles. The Morgan fingerprint density at radius 2 is 1.80 bits per heavy atom. The van der Waals surface area contributed by atoms with Crippen LogP contribution in [-0.4, -0.2) is 47.4 Å². The number of carbonyl (C=O) groups excluding carboxylic acids is 2. The van der Waals surface area contributed by atoms with Gasteiger partial charge in [0.15, 0.2) is 5.69 Å². The van der Waals surface area contributed by atoms with E-state index in [0.717, 1.165) is 21.6 Å². The third-order valence-electron chi connectivity index (χ3n) is 6.92. The molecule has 0 unspecified atom stereocenters. The van der Waals surface area contributed by atoms with E-state index in [1.54, 1.807) is 0 Å². The molecule has 3 heterocycles. The van der Waals surface area contributed by atoms with Crippen molar-refractivity contribution in [3.8, 4) is 16.9 Å². The average Bonchev–Trinajstić information content (AvgIpc) is 3.46. The average molecular weight is 630 g/mol. The van der Waals surface area contributed by atoms with Crippen molar-refractivity contribution in [2.45, 2.75) is 44.3 Å². The number of carboxylic acid groups (broad SMARTS) is 1. The van der Waals surface area contributed by atoms with Crippen LogP contribution in [0.3, 0.4) is 0 Å². The predicted octanol–water partition coefficient (Wildman–Crippen LogP) is 4.94. The number of benzene rings is 2. The summed E-state index contributed by atoms with van der Waals surface area (Å²) in [6, 6.07) is 8.21. The summed E-state index contributed by atoms with van der Waals surface area (Å²) in [5, 5.41) is 21.6. The molecule has 0 fully saturated rings. The van der Waals surface area contributed by atoms with Crippen LogP contribution >= 0.6 is 11.6 Å².